The van der Waals surface area contributed by atoms with Crippen molar-refractivity contribution in [2.24, 2.45) is 5.73 Å². The van der Waals surface area contributed by atoms with Crippen LogP contribution in [0.4, 0.5) is 0 Å². The zero-order chi connectivity index (χ0) is 12.0. The molecule has 88 valence electrons. The molecule has 0 bridgehead atoms. The van der Waals surface area contributed by atoms with Crippen molar-refractivity contribution in [2.75, 3.05) is 0 Å². The van der Waals surface area contributed by atoms with Crippen LogP contribution in [0.5, 0.6) is 0 Å². The largest absolute Gasteiger partial charge is 0.346 e. The summed E-state index contributed by atoms with van der Waals surface area (Å²) >= 11 is 6.24. The van der Waals surface area contributed by atoms with Crippen molar-refractivity contribution in [2.45, 2.75) is 25.9 Å². The number of fused-ring (bicyclic) bond motifs is 3. The number of rotatable bonds is 2. The number of aromatic nitrogens is 1. The van der Waals surface area contributed by atoms with E-state index < -0.39 is 0 Å². The quantitative estimate of drug-likeness (QED) is 0.740. The molecule has 1 heterocycles. The molecule has 1 aliphatic rings. The lowest BCUT2D eigenvalue weighted by atomic mass is 10.1. The SMILES string of the molecule is CC(N)Cn1ccc2c1-c1cccc(Cl)c1C2. The zero-order valence-electron chi connectivity index (χ0n) is 9.78. The summed E-state index contributed by atoms with van der Waals surface area (Å²) in [7, 11) is 0. The molecule has 2 nitrogen and oxygen atoms in total. The van der Waals surface area contributed by atoms with Crippen LogP contribution < -0.4 is 5.73 Å². The Balaban J connectivity index is 2.13. The average molecular weight is 247 g/mol. The Labute approximate surface area is 106 Å². The molecule has 0 fully saturated rings. The van der Waals surface area contributed by atoms with Gasteiger partial charge in [-0.05, 0) is 30.2 Å². The Kier molecular flexibility index (Phi) is 2.49. The van der Waals surface area contributed by atoms with E-state index in [1.54, 1.807) is 0 Å². The minimum absolute atomic E-state index is 0.162. The fourth-order valence-electron chi connectivity index (χ4n) is 2.60. The molecule has 3 heteroatoms. The van der Waals surface area contributed by atoms with Crippen molar-refractivity contribution in [1.82, 2.24) is 4.57 Å². The molecule has 1 aromatic carbocycles. The summed E-state index contributed by atoms with van der Waals surface area (Å²) in [5.74, 6) is 0. The Morgan fingerprint density at radius 3 is 3.00 bits per heavy atom. The van der Waals surface area contributed by atoms with Gasteiger partial charge in [0.1, 0.15) is 0 Å². The molecular weight excluding hydrogens is 232 g/mol. The van der Waals surface area contributed by atoms with Crippen LogP contribution in [0.25, 0.3) is 11.3 Å². The van der Waals surface area contributed by atoms with Gasteiger partial charge in [0.2, 0.25) is 0 Å². The van der Waals surface area contributed by atoms with Gasteiger partial charge in [0.25, 0.3) is 0 Å². The minimum atomic E-state index is 0.162. The third kappa shape index (κ3) is 1.68. The first-order valence-corrected chi connectivity index (χ1v) is 6.26. The molecule has 1 atom stereocenters. The van der Waals surface area contributed by atoms with Crippen molar-refractivity contribution in [1.29, 1.82) is 0 Å². The van der Waals surface area contributed by atoms with Gasteiger partial charge in [-0.1, -0.05) is 23.7 Å². The second kappa shape index (κ2) is 3.90. The van der Waals surface area contributed by atoms with Gasteiger partial charge < -0.3 is 10.3 Å². The number of hydrogen-bond acceptors (Lipinski definition) is 1. The molecule has 1 aliphatic carbocycles. The number of halogens is 1. The monoisotopic (exact) mass is 246 g/mol. The lowest BCUT2D eigenvalue weighted by Gasteiger charge is -2.11. The summed E-state index contributed by atoms with van der Waals surface area (Å²) in [5, 5.41) is 0.867. The van der Waals surface area contributed by atoms with Crippen LogP contribution in [0, 0.1) is 0 Å². The lowest BCUT2D eigenvalue weighted by molar-refractivity contribution is 0.596. The van der Waals surface area contributed by atoms with E-state index in [1.807, 2.05) is 19.1 Å². The Morgan fingerprint density at radius 1 is 1.41 bits per heavy atom. The molecule has 0 spiro atoms. The van der Waals surface area contributed by atoms with Gasteiger partial charge in [0.15, 0.2) is 0 Å². The predicted molar refractivity (Wildman–Crippen MR) is 71.3 cm³/mol. The molecule has 0 saturated carbocycles. The smallest absolute Gasteiger partial charge is 0.0520 e. The second-order valence-electron chi connectivity index (χ2n) is 4.76. The van der Waals surface area contributed by atoms with Gasteiger partial charge >= 0.3 is 0 Å². The van der Waals surface area contributed by atoms with Crippen LogP contribution in [0.3, 0.4) is 0 Å². The molecule has 3 rings (SSSR count). The van der Waals surface area contributed by atoms with Crippen molar-refractivity contribution < 1.29 is 0 Å². The van der Waals surface area contributed by atoms with E-state index in [1.165, 1.54) is 22.4 Å². The van der Waals surface area contributed by atoms with E-state index in [0.29, 0.717) is 0 Å². The Bertz CT molecular complexity index is 570. The first-order chi connectivity index (χ1) is 8.16. The normalized spacial score (nSPS) is 14.5. The van der Waals surface area contributed by atoms with Crippen molar-refractivity contribution in [3.05, 3.63) is 46.6 Å². The molecule has 0 amide bonds. The number of benzene rings is 1. The fraction of sp³-hybridized carbons (Fsp3) is 0.286. The van der Waals surface area contributed by atoms with Gasteiger partial charge in [-0.3, -0.25) is 0 Å². The fourth-order valence-corrected chi connectivity index (χ4v) is 2.84. The lowest BCUT2D eigenvalue weighted by Crippen LogP contribution is -2.22. The maximum Gasteiger partial charge on any atom is 0.0520 e. The highest BCUT2D eigenvalue weighted by molar-refractivity contribution is 6.32. The number of nitrogens with two attached hydrogens (primary N) is 1. The molecule has 0 aliphatic heterocycles. The van der Waals surface area contributed by atoms with Gasteiger partial charge in [0.05, 0.1) is 5.69 Å². The van der Waals surface area contributed by atoms with E-state index in [2.05, 4.69) is 22.9 Å². The molecule has 17 heavy (non-hydrogen) atoms. The van der Waals surface area contributed by atoms with Crippen molar-refractivity contribution in [3.63, 3.8) is 0 Å². The van der Waals surface area contributed by atoms with E-state index in [4.69, 9.17) is 17.3 Å². The van der Waals surface area contributed by atoms with E-state index >= 15 is 0 Å². The highest BCUT2D eigenvalue weighted by Crippen LogP contribution is 2.40. The van der Waals surface area contributed by atoms with Crippen LogP contribution in [-0.4, -0.2) is 10.6 Å². The highest BCUT2D eigenvalue weighted by atomic mass is 35.5. The average Bonchev–Trinajstić information content (AvgIpc) is 2.79. The Hall–Kier alpha value is -1.25. The molecule has 1 unspecified atom stereocenters. The van der Waals surface area contributed by atoms with Crippen LogP contribution in [0.1, 0.15) is 18.1 Å². The van der Waals surface area contributed by atoms with Crippen LogP contribution in [-0.2, 0) is 13.0 Å². The summed E-state index contributed by atoms with van der Waals surface area (Å²) in [6.45, 7) is 2.88. The van der Waals surface area contributed by atoms with Crippen LogP contribution in [0.2, 0.25) is 5.02 Å². The maximum absolute atomic E-state index is 6.24. The van der Waals surface area contributed by atoms with E-state index in [9.17, 15) is 0 Å². The van der Waals surface area contributed by atoms with Gasteiger partial charge in [-0.2, -0.15) is 0 Å². The van der Waals surface area contributed by atoms with E-state index in [-0.39, 0.29) is 6.04 Å². The van der Waals surface area contributed by atoms with Crippen LogP contribution in [0.15, 0.2) is 30.5 Å². The highest BCUT2D eigenvalue weighted by Gasteiger charge is 2.23. The van der Waals surface area contributed by atoms with Gasteiger partial charge in [0, 0.05) is 35.8 Å². The Morgan fingerprint density at radius 2 is 2.24 bits per heavy atom. The minimum Gasteiger partial charge on any atom is -0.346 e. The third-order valence-electron chi connectivity index (χ3n) is 3.27. The first-order valence-electron chi connectivity index (χ1n) is 5.88. The van der Waals surface area contributed by atoms with Crippen molar-refractivity contribution in [3.8, 4) is 11.3 Å². The molecular formula is C14H15ClN2. The third-order valence-corrected chi connectivity index (χ3v) is 3.63. The number of hydrogen-bond donors (Lipinski definition) is 1. The predicted octanol–water partition coefficient (Wildman–Crippen LogP) is 3.06. The second-order valence-corrected chi connectivity index (χ2v) is 5.17. The summed E-state index contributed by atoms with van der Waals surface area (Å²) in [4.78, 5) is 0. The van der Waals surface area contributed by atoms with Crippen molar-refractivity contribution >= 4 is 11.6 Å². The summed E-state index contributed by atoms with van der Waals surface area (Å²) < 4.78 is 2.24. The molecule has 0 radical (unpaired) electrons. The van der Waals surface area contributed by atoms with E-state index in [0.717, 1.165) is 18.0 Å². The molecule has 2 N–H and O–H groups in total. The standard InChI is InChI=1S/C14H15ClN2/c1-9(16)8-17-6-5-10-7-12-11(14(10)17)3-2-4-13(12)15/h2-6,9H,7-8,16H2,1H3. The zero-order valence-corrected chi connectivity index (χ0v) is 10.5. The van der Waals surface area contributed by atoms with Gasteiger partial charge in [-0.15, -0.1) is 0 Å². The summed E-state index contributed by atoms with van der Waals surface area (Å²) in [5.41, 5.74) is 11.0. The van der Waals surface area contributed by atoms with Crippen LogP contribution >= 0.6 is 11.6 Å². The summed E-state index contributed by atoms with van der Waals surface area (Å²) in [6, 6.07) is 8.45. The summed E-state index contributed by atoms with van der Waals surface area (Å²) in [6.07, 6.45) is 3.06. The number of nitrogens with zero attached hydrogens (tertiary/aromatic N) is 1. The molecule has 1 aromatic heterocycles. The first kappa shape index (κ1) is 10.9. The van der Waals surface area contributed by atoms with Gasteiger partial charge in [-0.25, -0.2) is 0 Å². The topological polar surface area (TPSA) is 30.9 Å². The molecule has 0 saturated heterocycles. The molecule has 2 aromatic rings. The maximum atomic E-state index is 6.24.